The van der Waals surface area contributed by atoms with Crippen molar-refractivity contribution < 1.29 is 9.13 Å². The predicted molar refractivity (Wildman–Crippen MR) is 104 cm³/mol. The lowest BCUT2D eigenvalue weighted by molar-refractivity contribution is 0.274. The molecule has 8 heteroatoms. The van der Waals surface area contributed by atoms with E-state index >= 15 is 0 Å². The molecular weight excluding hydrogens is 359 g/mol. The molecule has 0 fully saturated rings. The monoisotopic (exact) mass is 378 g/mol. The van der Waals surface area contributed by atoms with Crippen molar-refractivity contribution in [2.75, 3.05) is 6.61 Å². The van der Waals surface area contributed by atoms with Crippen LogP contribution in [0.1, 0.15) is 13.3 Å². The van der Waals surface area contributed by atoms with Crippen molar-refractivity contribution in [3.05, 3.63) is 60.9 Å². The van der Waals surface area contributed by atoms with E-state index in [2.05, 4.69) is 20.1 Å². The van der Waals surface area contributed by atoms with E-state index < -0.39 is 0 Å². The maximum atomic E-state index is 14.2. The van der Waals surface area contributed by atoms with Crippen molar-refractivity contribution in [3.63, 3.8) is 0 Å². The number of fused-ring (bicyclic) bond motifs is 1. The van der Waals surface area contributed by atoms with Gasteiger partial charge in [-0.1, -0.05) is 19.1 Å². The van der Waals surface area contributed by atoms with Crippen LogP contribution >= 0.6 is 0 Å². The van der Waals surface area contributed by atoms with E-state index in [-0.39, 0.29) is 11.9 Å². The molecule has 2 N–H and O–H groups in total. The Morgan fingerprint density at radius 2 is 2.00 bits per heavy atom. The maximum absolute atomic E-state index is 14.2. The van der Waals surface area contributed by atoms with Gasteiger partial charge in [0.25, 0.3) is 0 Å². The molecule has 0 amide bonds. The zero-order chi connectivity index (χ0) is 19.5. The highest BCUT2D eigenvalue weighted by Crippen LogP contribution is 2.24. The summed E-state index contributed by atoms with van der Waals surface area (Å²) in [7, 11) is 0. The summed E-state index contributed by atoms with van der Waals surface area (Å²) in [6.45, 7) is 2.36. The van der Waals surface area contributed by atoms with Crippen molar-refractivity contribution in [1.29, 1.82) is 0 Å². The number of ether oxygens (including phenoxy) is 1. The molecule has 3 aromatic heterocycles. The summed E-state index contributed by atoms with van der Waals surface area (Å²) in [5.41, 5.74) is 8.10. The number of para-hydroxylation sites is 1. The molecule has 0 radical (unpaired) electrons. The van der Waals surface area contributed by atoms with Gasteiger partial charge in [-0.3, -0.25) is 9.97 Å². The van der Waals surface area contributed by atoms with E-state index in [9.17, 15) is 4.39 Å². The standard InChI is InChI=1S/C20H19FN6O/c1-2-14(22)12-28-20-11-23-10-17(26-20)16-7-19-13(8-24-16)9-25-27(19)18-6-4-3-5-15(18)21/h3-11,14H,2,12,22H2,1H3/t14-/m0/s1. The first-order valence-corrected chi connectivity index (χ1v) is 8.95. The summed E-state index contributed by atoms with van der Waals surface area (Å²) < 4.78 is 21.4. The summed E-state index contributed by atoms with van der Waals surface area (Å²) in [4.78, 5) is 13.1. The molecular formula is C20H19FN6O. The smallest absolute Gasteiger partial charge is 0.232 e. The zero-order valence-corrected chi connectivity index (χ0v) is 15.3. The minimum absolute atomic E-state index is 0.0601. The molecule has 1 atom stereocenters. The van der Waals surface area contributed by atoms with Crippen LogP contribution in [0, 0.1) is 5.82 Å². The first kappa shape index (κ1) is 18.0. The third-order valence-corrected chi connectivity index (χ3v) is 4.38. The Morgan fingerprint density at radius 1 is 1.14 bits per heavy atom. The fourth-order valence-electron chi connectivity index (χ4n) is 2.73. The molecule has 0 aliphatic rings. The van der Waals surface area contributed by atoms with E-state index in [1.54, 1.807) is 47.5 Å². The van der Waals surface area contributed by atoms with Crippen LogP contribution in [-0.2, 0) is 0 Å². The number of nitrogens with two attached hydrogens (primary N) is 1. The average Bonchev–Trinajstić information content (AvgIpc) is 3.15. The van der Waals surface area contributed by atoms with Gasteiger partial charge >= 0.3 is 0 Å². The van der Waals surface area contributed by atoms with Crippen LogP contribution in [0.15, 0.2) is 55.1 Å². The molecule has 0 bridgehead atoms. The quantitative estimate of drug-likeness (QED) is 0.554. The number of nitrogens with zero attached hydrogens (tertiary/aromatic N) is 5. The molecule has 7 nitrogen and oxygen atoms in total. The van der Waals surface area contributed by atoms with E-state index in [1.165, 1.54) is 12.3 Å². The molecule has 0 aliphatic carbocycles. The lowest BCUT2D eigenvalue weighted by atomic mass is 10.2. The van der Waals surface area contributed by atoms with Gasteiger partial charge in [-0.05, 0) is 24.6 Å². The molecule has 0 spiro atoms. The van der Waals surface area contributed by atoms with Crippen LogP contribution in [0.25, 0.3) is 28.0 Å². The SMILES string of the molecule is CC[C@H](N)COc1cncc(-c2cc3c(cn2)cnn3-c2ccccc2F)n1. The minimum Gasteiger partial charge on any atom is -0.475 e. The Bertz CT molecular complexity index is 1110. The molecule has 0 saturated heterocycles. The lowest BCUT2D eigenvalue weighted by Crippen LogP contribution is -2.26. The average molecular weight is 378 g/mol. The first-order chi connectivity index (χ1) is 13.7. The largest absolute Gasteiger partial charge is 0.475 e. The van der Waals surface area contributed by atoms with Gasteiger partial charge in [-0.2, -0.15) is 5.10 Å². The lowest BCUT2D eigenvalue weighted by Gasteiger charge is -2.10. The third kappa shape index (κ3) is 3.54. The number of hydrogen-bond acceptors (Lipinski definition) is 6. The number of aromatic nitrogens is 5. The van der Waals surface area contributed by atoms with Crippen molar-refractivity contribution in [2.45, 2.75) is 19.4 Å². The number of benzene rings is 1. The second kappa shape index (κ2) is 7.69. The van der Waals surface area contributed by atoms with Gasteiger partial charge in [0, 0.05) is 17.6 Å². The molecule has 4 aromatic rings. The highest BCUT2D eigenvalue weighted by atomic mass is 19.1. The van der Waals surface area contributed by atoms with E-state index in [4.69, 9.17) is 10.5 Å². The van der Waals surface area contributed by atoms with Crippen molar-refractivity contribution in [3.8, 4) is 23.0 Å². The van der Waals surface area contributed by atoms with E-state index in [0.717, 1.165) is 17.3 Å². The van der Waals surface area contributed by atoms with Crippen LogP contribution in [0.3, 0.4) is 0 Å². The number of halogens is 1. The molecule has 142 valence electrons. The van der Waals surface area contributed by atoms with Crippen LogP contribution in [0.4, 0.5) is 4.39 Å². The number of rotatable bonds is 6. The van der Waals surface area contributed by atoms with Gasteiger partial charge in [-0.25, -0.2) is 14.1 Å². The zero-order valence-electron chi connectivity index (χ0n) is 15.3. The summed E-state index contributed by atoms with van der Waals surface area (Å²) in [6.07, 6.45) is 7.27. The highest BCUT2D eigenvalue weighted by molar-refractivity contribution is 5.82. The molecule has 0 unspecified atom stereocenters. The van der Waals surface area contributed by atoms with Gasteiger partial charge < -0.3 is 10.5 Å². The molecule has 3 heterocycles. The Morgan fingerprint density at radius 3 is 2.82 bits per heavy atom. The Labute approximate surface area is 161 Å². The third-order valence-electron chi connectivity index (χ3n) is 4.38. The topological polar surface area (TPSA) is 91.7 Å². The fourth-order valence-corrected chi connectivity index (χ4v) is 2.73. The predicted octanol–water partition coefficient (Wildman–Crippen LogP) is 3.13. The Kier molecular flexibility index (Phi) is 4.94. The first-order valence-electron chi connectivity index (χ1n) is 8.95. The molecule has 1 aromatic carbocycles. The van der Waals surface area contributed by atoms with Crippen molar-refractivity contribution >= 4 is 10.9 Å². The van der Waals surface area contributed by atoms with Crippen LogP contribution < -0.4 is 10.5 Å². The van der Waals surface area contributed by atoms with E-state index in [0.29, 0.717) is 29.6 Å². The summed E-state index contributed by atoms with van der Waals surface area (Å²) in [5, 5.41) is 5.09. The molecule has 0 aliphatic heterocycles. The normalized spacial score (nSPS) is 12.2. The van der Waals surface area contributed by atoms with E-state index in [1.807, 2.05) is 6.92 Å². The minimum atomic E-state index is -0.353. The Hall–Kier alpha value is -3.39. The van der Waals surface area contributed by atoms with Crippen LogP contribution in [0.5, 0.6) is 5.88 Å². The summed E-state index contributed by atoms with van der Waals surface area (Å²) in [6, 6.07) is 8.23. The second-order valence-corrected chi connectivity index (χ2v) is 6.36. The van der Waals surface area contributed by atoms with Gasteiger partial charge in [-0.15, -0.1) is 0 Å². The molecule has 4 rings (SSSR count). The van der Waals surface area contributed by atoms with Crippen molar-refractivity contribution in [2.24, 2.45) is 5.73 Å². The Balaban J connectivity index is 1.70. The number of pyridine rings is 1. The summed E-state index contributed by atoms with van der Waals surface area (Å²) in [5.74, 6) is 0.0271. The molecule has 28 heavy (non-hydrogen) atoms. The molecule has 0 saturated carbocycles. The van der Waals surface area contributed by atoms with Gasteiger partial charge in [0.2, 0.25) is 5.88 Å². The fraction of sp³-hybridized carbons (Fsp3) is 0.200. The van der Waals surface area contributed by atoms with Crippen LogP contribution in [0.2, 0.25) is 0 Å². The van der Waals surface area contributed by atoms with Crippen LogP contribution in [-0.4, -0.2) is 37.4 Å². The van der Waals surface area contributed by atoms with Gasteiger partial charge in [0.1, 0.15) is 23.8 Å². The van der Waals surface area contributed by atoms with Gasteiger partial charge in [0.05, 0.1) is 29.8 Å². The highest BCUT2D eigenvalue weighted by Gasteiger charge is 2.12. The van der Waals surface area contributed by atoms with Crippen molar-refractivity contribution in [1.82, 2.24) is 24.7 Å². The second-order valence-electron chi connectivity index (χ2n) is 6.36. The summed E-state index contributed by atoms with van der Waals surface area (Å²) >= 11 is 0. The number of hydrogen-bond donors (Lipinski definition) is 1. The maximum Gasteiger partial charge on any atom is 0.232 e. The van der Waals surface area contributed by atoms with Gasteiger partial charge in [0.15, 0.2) is 0 Å².